The number of nitrogens with two attached hydrogens (primary N) is 1. The zero-order valence-corrected chi connectivity index (χ0v) is 14.0. The number of thioether (sulfide) groups is 1. The summed E-state index contributed by atoms with van der Waals surface area (Å²) < 4.78 is 5.29. The first kappa shape index (κ1) is 17.1. The normalized spacial score (nSPS) is 14.6. The molecule has 6 heteroatoms. The highest BCUT2D eigenvalue weighted by atomic mass is 32.2. The summed E-state index contributed by atoms with van der Waals surface area (Å²) in [6.45, 7) is 5.47. The summed E-state index contributed by atoms with van der Waals surface area (Å²) in [7, 11) is 1.62. The lowest BCUT2D eigenvalue weighted by atomic mass is 10.1. The van der Waals surface area contributed by atoms with Gasteiger partial charge in [-0.15, -0.1) is 0 Å². The molecule has 0 unspecified atom stereocenters. The molecule has 0 saturated heterocycles. The van der Waals surface area contributed by atoms with E-state index in [2.05, 4.69) is 11.6 Å². The Bertz CT molecular complexity index is 708. The van der Waals surface area contributed by atoms with Crippen LogP contribution < -0.4 is 10.6 Å². The number of rotatable bonds is 6. The number of fused-ring (bicyclic) bond motifs is 1. The van der Waals surface area contributed by atoms with Gasteiger partial charge in [0.1, 0.15) is 11.8 Å². The minimum absolute atomic E-state index is 0.00579. The van der Waals surface area contributed by atoms with Gasteiger partial charge in [-0.25, -0.2) is 4.99 Å². The van der Waals surface area contributed by atoms with Crippen LogP contribution in [0.15, 0.2) is 57.7 Å². The fourth-order valence-corrected chi connectivity index (χ4v) is 2.98. The maximum absolute atomic E-state index is 11.1. The first-order valence-corrected chi connectivity index (χ1v) is 7.80. The van der Waals surface area contributed by atoms with Gasteiger partial charge in [0, 0.05) is 18.2 Å². The molecule has 2 rings (SSSR count). The molecular formula is C17H19N3O2S. The summed E-state index contributed by atoms with van der Waals surface area (Å²) >= 11 is 1.45. The molecule has 0 atom stereocenters. The fourth-order valence-electron chi connectivity index (χ4n) is 2.08. The van der Waals surface area contributed by atoms with Gasteiger partial charge in [-0.2, -0.15) is 0 Å². The average molecular weight is 329 g/mol. The van der Waals surface area contributed by atoms with Crippen LogP contribution in [0, 0.1) is 0 Å². The SMILES string of the molecule is C=C/C=N\C1=C(N)Sc2ccc(/C=C/C(C)=O)cc2N1COC. The molecule has 2 N–H and O–H groups in total. The highest BCUT2D eigenvalue weighted by molar-refractivity contribution is 8.03. The maximum atomic E-state index is 11.1. The summed E-state index contributed by atoms with van der Waals surface area (Å²) in [6.07, 6.45) is 6.51. The number of carbonyl (C=O) groups is 1. The number of ketones is 1. The molecule has 0 spiro atoms. The predicted octanol–water partition coefficient (Wildman–Crippen LogP) is 3.15. The van der Waals surface area contributed by atoms with Crippen molar-refractivity contribution in [2.24, 2.45) is 10.7 Å². The number of allylic oxidation sites excluding steroid dienone is 2. The lowest BCUT2D eigenvalue weighted by Gasteiger charge is -2.31. The Labute approximate surface area is 140 Å². The molecule has 0 aromatic heterocycles. The van der Waals surface area contributed by atoms with Crippen molar-refractivity contribution in [2.45, 2.75) is 11.8 Å². The van der Waals surface area contributed by atoms with E-state index in [1.807, 2.05) is 23.1 Å². The Morgan fingerprint density at radius 3 is 2.96 bits per heavy atom. The number of nitrogens with zero attached hydrogens (tertiary/aromatic N) is 2. The summed E-state index contributed by atoms with van der Waals surface area (Å²) in [5.41, 5.74) is 7.99. The number of carbonyl (C=O) groups excluding carboxylic acids is 1. The van der Waals surface area contributed by atoms with Crippen LogP contribution in [-0.4, -0.2) is 25.8 Å². The molecule has 1 aliphatic heterocycles. The second-order valence-electron chi connectivity index (χ2n) is 4.82. The predicted molar refractivity (Wildman–Crippen MR) is 96.3 cm³/mol. The number of hydrogen-bond acceptors (Lipinski definition) is 6. The van der Waals surface area contributed by atoms with Crippen LogP contribution in [0.5, 0.6) is 0 Å². The second-order valence-corrected chi connectivity index (χ2v) is 5.90. The minimum Gasteiger partial charge on any atom is -0.390 e. The fraction of sp³-hybridized carbons (Fsp3) is 0.176. The molecule has 1 aromatic carbocycles. The molecule has 5 nitrogen and oxygen atoms in total. The molecule has 120 valence electrons. The van der Waals surface area contributed by atoms with E-state index in [-0.39, 0.29) is 5.78 Å². The Hall–Kier alpha value is -2.31. The molecule has 1 aliphatic rings. The number of aliphatic imine (C=N–C) groups is 1. The Morgan fingerprint density at radius 2 is 2.30 bits per heavy atom. The second kappa shape index (κ2) is 7.80. The van der Waals surface area contributed by atoms with Gasteiger partial charge in [0.05, 0.1) is 5.69 Å². The number of anilines is 1. The minimum atomic E-state index is 0.00579. The third-order valence-electron chi connectivity index (χ3n) is 3.04. The lowest BCUT2D eigenvalue weighted by Crippen LogP contribution is -2.29. The lowest BCUT2D eigenvalue weighted by molar-refractivity contribution is -0.112. The Balaban J connectivity index is 2.46. The van der Waals surface area contributed by atoms with Crippen molar-refractivity contribution in [3.63, 3.8) is 0 Å². The topological polar surface area (TPSA) is 67.9 Å². The molecule has 0 amide bonds. The van der Waals surface area contributed by atoms with E-state index in [9.17, 15) is 4.79 Å². The van der Waals surface area contributed by atoms with Crippen molar-refractivity contribution in [3.05, 3.63) is 53.3 Å². The van der Waals surface area contributed by atoms with Gasteiger partial charge >= 0.3 is 0 Å². The van der Waals surface area contributed by atoms with E-state index >= 15 is 0 Å². The summed E-state index contributed by atoms with van der Waals surface area (Å²) in [6, 6.07) is 5.90. The monoisotopic (exact) mass is 329 g/mol. The van der Waals surface area contributed by atoms with Crippen molar-refractivity contribution in [1.29, 1.82) is 0 Å². The van der Waals surface area contributed by atoms with Gasteiger partial charge in [-0.05, 0) is 30.7 Å². The summed E-state index contributed by atoms with van der Waals surface area (Å²) in [4.78, 5) is 18.4. The summed E-state index contributed by atoms with van der Waals surface area (Å²) in [5.74, 6) is 0.628. The first-order valence-electron chi connectivity index (χ1n) is 6.98. The standard InChI is InChI=1S/C17H19N3O2S/c1-4-9-19-17-16(18)23-15-8-7-13(6-5-12(2)21)10-14(15)20(17)11-22-3/h4-10H,1,11,18H2,2-3H3/b6-5+,19-9-. The van der Waals surface area contributed by atoms with Crippen molar-refractivity contribution in [1.82, 2.24) is 0 Å². The highest BCUT2D eigenvalue weighted by Gasteiger charge is 2.24. The smallest absolute Gasteiger partial charge is 0.165 e. The van der Waals surface area contributed by atoms with E-state index in [4.69, 9.17) is 10.5 Å². The molecule has 0 bridgehead atoms. The van der Waals surface area contributed by atoms with Crippen molar-refractivity contribution in [2.75, 3.05) is 18.7 Å². The average Bonchev–Trinajstić information content (AvgIpc) is 2.52. The zero-order valence-electron chi connectivity index (χ0n) is 13.2. The van der Waals surface area contributed by atoms with Crippen LogP contribution in [0.4, 0.5) is 5.69 Å². The maximum Gasteiger partial charge on any atom is 0.165 e. The van der Waals surface area contributed by atoms with E-state index in [0.29, 0.717) is 17.6 Å². The van der Waals surface area contributed by atoms with Crippen LogP contribution in [-0.2, 0) is 9.53 Å². The largest absolute Gasteiger partial charge is 0.390 e. The van der Waals surface area contributed by atoms with Gasteiger partial charge in [-0.3, -0.25) is 9.69 Å². The molecule has 0 saturated carbocycles. The van der Waals surface area contributed by atoms with Crippen LogP contribution in [0.25, 0.3) is 6.08 Å². The van der Waals surface area contributed by atoms with E-state index < -0.39 is 0 Å². The van der Waals surface area contributed by atoms with Crippen LogP contribution in [0.3, 0.4) is 0 Å². The molecule has 1 heterocycles. The molecule has 0 radical (unpaired) electrons. The van der Waals surface area contributed by atoms with Crippen molar-refractivity contribution in [3.8, 4) is 0 Å². The van der Waals surface area contributed by atoms with Gasteiger partial charge in [0.25, 0.3) is 0 Å². The highest BCUT2D eigenvalue weighted by Crippen LogP contribution is 2.42. The summed E-state index contributed by atoms with van der Waals surface area (Å²) in [5, 5.41) is 0.597. The van der Waals surface area contributed by atoms with Crippen LogP contribution in [0.2, 0.25) is 0 Å². The van der Waals surface area contributed by atoms with Crippen LogP contribution in [0.1, 0.15) is 12.5 Å². The van der Waals surface area contributed by atoms with Crippen molar-refractivity contribution >= 4 is 35.5 Å². The third kappa shape index (κ3) is 4.12. The van der Waals surface area contributed by atoms with E-state index in [0.717, 1.165) is 16.1 Å². The molecular weight excluding hydrogens is 310 g/mol. The number of benzene rings is 1. The van der Waals surface area contributed by atoms with Gasteiger partial charge in [-0.1, -0.05) is 36.6 Å². The molecule has 0 fully saturated rings. The Morgan fingerprint density at radius 1 is 1.52 bits per heavy atom. The van der Waals surface area contributed by atoms with Crippen molar-refractivity contribution < 1.29 is 9.53 Å². The Kier molecular flexibility index (Phi) is 5.78. The molecule has 1 aromatic rings. The van der Waals surface area contributed by atoms with Crippen LogP contribution >= 0.6 is 11.8 Å². The zero-order chi connectivity index (χ0) is 16.8. The first-order chi connectivity index (χ1) is 11.1. The molecule has 23 heavy (non-hydrogen) atoms. The van der Waals surface area contributed by atoms with E-state index in [1.165, 1.54) is 18.7 Å². The van der Waals surface area contributed by atoms with Gasteiger partial charge in [0.15, 0.2) is 11.6 Å². The van der Waals surface area contributed by atoms with E-state index in [1.54, 1.807) is 31.6 Å². The van der Waals surface area contributed by atoms with Gasteiger partial charge < -0.3 is 10.5 Å². The molecule has 0 aliphatic carbocycles. The number of methoxy groups -OCH3 is 1. The quantitative estimate of drug-likeness (QED) is 0.641. The van der Waals surface area contributed by atoms with Gasteiger partial charge in [0.2, 0.25) is 0 Å². The number of ether oxygens (including phenoxy) is 1. The third-order valence-corrected chi connectivity index (χ3v) is 4.01. The number of hydrogen-bond donors (Lipinski definition) is 1.